The molecule has 0 aromatic heterocycles. The molecule has 4 nitrogen and oxygen atoms in total. The largest absolute Gasteiger partial charge is 0.288 e. The van der Waals surface area contributed by atoms with Crippen LogP contribution >= 0.6 is 11.8 Å². The van der Waals surface area contributed by atoms with Crippen LogP contribution in [0.2, 0.25) is 0 Å². The Morgan fingerprint density at radius 3 is 2.53 bits per heavy atom. The molecule has 15 heavy (non-hydrogen) atoms. The maximum atomic E-state index is 10.9. The van der Waals surface area contributed by atoms with Crippen LogP contribution in [0, 0.1) is 10.1 Å². The summed E-state index contributed by atoms with van der Waals surface area (Å²) < 4.78 is 0. The predicted molar refractivity (Wildman–Crippen MR) is 59.3 cm³/mol. The van der Waals surface area contributed by atoms with Crippen LogP contribution in [0.1, 0.15) is 17.7 Å². The molecule has 0 aliphatic heterocycles. The molecule has 0 amide bonds. The van der Waals surface area contributed by atoms with Crippen LogP contribution in [0.4, 0.5) is 0 Å². The first-order valence-electron chi connectivity index (χ1n) is 4.43. The van der Waals surface area contributed by atoms with E-state index >= 15 is 0 Å². The van der Waals surface area contributed by atoms with E-state index in [1.165, 1.54) is 6.92 Å². The number of nitro groups is 1. The molecule has 0 spiro atoms. The lowest BCUT2D eigenvalue weighted by Gasteiger charge is -2.10. The minimum absolute atomic E-state index is 0.106. The van der Waals surface area contributed by atoms with Gasteiger partial charge in [0.1, 0.15) is 5.25 Å². The van der Waals surface area contributed by atoms with Gasteiger partial charge in [0.25, 0.3) is 0 Å². The quantitative estimate of drug-likeness (QED) is 0.582. The second kappa shape index (κ2) is 5.50. The molecular weight excluding hydrogens is 214 g/mol. The number of nitrogens with zero attached hydrogens (tertiary/aromatic N) is 1. The summed E-state index contributed by atoms with van der Waals surface area (Å²) in [7, 11) is 0. The fourth-order valence-corrected chi connectivity index (χ4v) is 2.10. The lowest BCUT2D eigenvalue weighted by atomic mass is 10.1. The van der Waals surface area contributed by atoms with Gasteiger partial charge in [0.2, 0.25) is 6.54 Å². The molecule has 0 saturated carbocycles. The molecule has 0 N–H and O–H groups in total. The third kappa shape index (κ3) is 4.12. The van der Waals surface area contributed by atoms with Gasteiger partial charge in [0, 0.05) is 11.8 Å². The van der Waals surface area contributed by atoms with Crippen molar-refractivity contribution in [2.75, 3.05) is 6.54 Å². The van der Waals surface area contributed by atoms with Crippen molar-refractivity contribution < 1.29 is 9.72 Å². The molecule has 0 aliphatic carbocycles. The smallest absolute Gasteiger partial charge is 0.220 e. The number of hydrogen-bond acceptors (Lipinski definition) is 4. The lowest BCUT2D eigenvalue weighted by molar-refractivity contribution is -0.479. The third-order valence-corrected chi connectivity index (χ3v) is 2.83. The van der Waals surface area contributed by atoms with Gasteiger partial charge in [-0.3, -0.25) is 14.9 Å². The zero-order valence-electron chi connectivity index (χ0n) is 8.25. The van der Waals surface area contributed by atoms with Crippen molar-refractivity contribution in [3.05, 3.63) is 46.0 Å². The Morgan fingerprint density at radius 1 is 1.47 bits per heavy atom. The van der Waals surface area contributed by atoms with Gasteiger partial charge < -0.3 is 0 Å². The summed E-state index contributed by atoms with van der Waals surface area (Å²) in [6, 6.07) is 9.05. The summed E-state index contributed by atoms with van der Waals surface area (Å²) in [4.78, 5) is 21.0. The normalized spacial score (nSPS) is 12.1. The maximum Gasteiger partial charge on any atom is 0.220 e. The van der Waals surface area contributed by atoms with Gasteiger partial charge in [0.15, 0.2) is 5.12 Å². The SMILES string of the molecule is CC(=O)S[C@@H](C[N+](=O)[O-])c1ccccc1. The highest BCUT2D eigenvalue weighted by Gasteiger charge is 2.19. The molecular formula is C10H11NO3S. The summed E-state index contributed by atoms with van der Waals surface area (Å²) in [5.41, 5.74) is 0.814. The van der Waals surface area contributed by atoms with Crippen LogP contribution in [-0.4, -0.2) is 16.6 Å². The van der Waals surface area contributed by atoms with E-state index in [1.54, 1.807) is 12.1 Å². The minimum Gasteiger partial charge on any atom is -0.288 e. The fourth-order valence-electron chi connectivity index (χ4n) is 1.21. The van der Waals surface area contributed by atoms with Crippen molar-refractivity contribution in [1.82, 2.24) is 0 Å². The van der Waals surface area contributed by atoms with Gasteiger partial charge in [-0.1, -0.05) is 42.1 Å². The third-order valence-electron chi connectivity index (χ3n) is 1.79. The molecule has 80 valence electrons. The summed E-state index contributed by atoms with van der Waals surface area (Å²) >= 11 is 1.00. The van der Waals surface area contributed by atoms with E-state index < -0.39 is 10.2 Å². The Balaban J connectivity index is 2.81. The molecule has 0 heterocycles. The van der Waals surface area contributed by atoms with Crippen molar-refractivity contribution in [2.45, 2.75) is 12.2 Å². The molecule has 0 bridgehead atoms. The average Bonchev–Trinajstić information content (AvgIpc) is 2.17. The van der Waals surface area contributed by atoms with E-state index in [2.05, 4.69) is 0 Å². The molecule has 5 heteroatoms. The van der Waals surface area contributed by atoms with E-state index in [-0.39, 0.29) is 11.7 Å². The number of benzene rings is 1. The van der Waals surface area contributed by atoms with Gasteiger partial charge in [-0.25, -0.2) is 0 Å². The van der Waals surface area contributed by atoms with Crippen LogP contribution in [-0.2, 0) is 4.79 Å². The maximum absolute atomic E-state index is 10.9. The number of carbonyl (C=O) groups is 1. The number of hydrogen-bond donors (Lipinski definition) is 0. The van der Waals surface area contributed by atoms with Crippen molar-refractivity contribution in [3.8, 4) is 0 Å². The summed E-state index contributed by atoms with van der Waals surface area (Å²) in [5, 5.41) is 9.95. The summed E-state index contributed by atoms with van der Waals surface area (Å²) in [6.45, 7) is 1.19. The van der Waals surface area contributed by atoms with Crippen LogP contribution in [0.25, 0.3) is 0 Å². The van der Waals surface area contributed by atoms with Crippen molar-refractivity contribution in [1.29, 1.82) is 0 Å². The van der Waals surface area contributed by atoms with Gasteiger partial charge >= 0.3 is 0 Å². The van der Waals surface area contributed by atoms with Gasteiger partial charge in [-0.05, 0) is 5.56 Å². The average molecular weight is 225 g/mol. The zero-order valence-corrected chi connectivity index (χ0v) is 9.07. The Hall–Kier alpha value is -1.36. The Kier molecular flexibility index (Phi) is 4.30. The molecule has 1 aromatic carbocycles. The second-order valence-corrected chi connectivity index (χ2v) is 4.40. The highest BCUT2D eigenvalue weighted by molar-refractivity contribution is 8.13. The van der Waals surface area contributed by atoms with Gasteiger partial charge in [0.05, 0.1) is 0 Å². The molecule has 0 radical (unpaired) electrons. The molecule has 0 unspecified atom stereocenters. The van der Waals surface area contributed by atoms with Gasteiger partial charge in [-0.2, -0.15) is 0 Å². The number of rotatable bonds is 4. The van der Waals surface area contributed by atoms with Crippen LogP contribution in [0.15, 0.2) is 30.3 Å². The summed E-state index contributed by atoms with van der Waals surface area (Å²) in [5.74, 6) is 0. The van der Waals surface area contributed by atoms with E-state index in [4.69, 9.17) is 0 Å². The lowest BCUT2D eigenvalue weighted by Crippen LogP contribution is -2.11. The number of thioether (sulfide) groups is 1. The van der Waals surface area contributed by atoms with E-state index in [0.29, 0.717) is 0 Å². The Morgan fingerprint density at radius 2 is 2.07 bits per heavy atom. The predicted octanol–water partition coefficient (Wildman–Crippen LogP) is 2.28. The van der Waals surface area contributed by atoms with Crippen LogP contribution in [0.5, 0.6) is 0 Å². The first kappa shape index (κ1) is 11.7. The number of carbonyl (C=O) groups excluding carboxylic acids is 1. The standard InChI is InChI=1S/C10H11NO3S/c1-8(12)15-10(7-11(13)14)9-5-3-2-4-6-9/h2-6,10H,7H2,1H3/t10-/m0/s1. The van der Waals surface area contributed by atoms with E-state index in [0.717, 1.165) is 17.3 Å². The molecule has 1 aromatic rings. The van der Waals surface area contributed by atoms with Crippen LogP contribution in [0.3, 0.4) is 0 Å². The minimum atomic E-state index is -0.395. The Labute approximate surface area is 91.8 Å². The van der Waals surface area contributed by atoms with Crippen molar-refractivity contribution in [3.63, 3.8) is 0 Å². The van der Waals surface area contributed by atoms with Crippen LogP contribution < -0.4 is 0 Å². The highest BCUT2D eigenvalue weighted by Crippen LogP contribution is 2.29. The van der Waals surface area contributed by atoms with E-state index in [9.17, 15) is 14.9 Å². The molecule has 0 saturated heterocycles. The second-order valence-electron chi connectivity index (χ2n) is 3.02. The van der Waals surface area contributed by atoms with E-state index in [1.807, 2.05) is 18.2 Å². The Bertz CT molecular complexity index is 337. The van der Waals surface area contributed by atoms with Crippen molar-refractivity contribution in [2.24, 2.45) is 0 Å². The fraction of sp³-hybridized carbons (Fsp3) is 0.300. The molecule has 0 fully saturated rings. The summed E-state index contributed by atoms with van der Waals surface area (Å²) in [6.07, 6.45) is 0. The van der Waals surface area contributed by atoms with Gasteiger partial charge in [-0.15, -0.1) is 0 Å². The first-order valence-corrected chi connectivity index (χ1v) is 5.31. The first-order chi connectivity index (χ1) is 7.09. The topological polar surface area (TPSA) is 60.2 Å². The monoisotopic (exact) mass is 225 g/mol. The molecule has 0 aliphatic rings. The van der Waals surface area contributed by atoms with Crippen molar-refractivity contribution >= 4 is 16.9 Å². The molecule has 1 atom stereocenters. The molecule has 1 rings (SSSR count). The highest BCUT2D eigenvalue weighted by atomic mass is 32.2. The zero-order chi connectivity index (χ0) is 11.3.